The van der Waals surface area contributed by atoms with E-state index in [0.717, 1.165) is 33.1 Å². The number of aliphatic hydroxyl groups is 1. The highest BCUT2D eigenvalue weighted by Crippen LogP contribution is 2.28. The van der Waals surface area contributed by atoms with Crippen molar-refractivity contribution in [2.24, 2.45) is 0 Å². The van der Waals surface area contributed by atoms with Gasteiger partial charge in [-0.25, -0.2) is 4.98 Å². The first-order valence-electron chi connectivity index (χ1n) is 7.08. The van der Waals surface area contributed by atoms with E-state index in [9.17, 15) is 5.11 Å². The molecular formula is C17H18N2OS. The summed E-state index contributed by atoms with van der Waals surface area (Å²) in [5.74, 6) is 0. The van der Waals surface area contributed by atoms with Crippen molar-refractivity contribution in [3.05, 3.63) is 53.6 Å². The summed E-state index contributed by atoms with van der Waals surface area (Å²) in [5.41, 5.74) is 4.24. The Kier molecular flexibility index (Phi) is 3.99. The van der Waals surface area contributed by atoms with Gasteiger partial charge in [0.1, 0.15) is 0 Å². The van der Waals surface area contributed by atoms with Gasteiger partial charge in [-0.05, 0) is 48.7 Å². The molecule has 3 aromatic rings. The molecule has 0 spiro atoms. The predicted molar refractivity (Wildman–Crippen MR) is 86.6 cm³/mol. The minimum Gasteiger partial charge on any atom is -0.388 e. The van der Waals surface area contributed by atoms with Crippen LogP contribution in [0.5, 0.6) is 0 Å². The number of aromatic amines is 1. The van der Waals surface area contributed by atoms with Gasteiger partial charge in [-0.3, -0.25) is 0 Å². The van der Waals surface area contributed by atoms with Gasteiger partial charge in [-0.2, -0.15) is 0 Å². The molecule has 0 fully saturated rings. The van der Waals surface area contributed by atoms with E-state index >= 15 is 0 Å². The lowest BCUT2D eigenvalue weighted by Crippen LogP contribution is -1.94. The van der Waals surface area contributed by atoms with E-state index in [4.69, 9.17) is 0 Å². The van der Waals surface area contributed by atoms with Crippen molar-refractivity contribution in [1.29, 1.82) is 0 Å². The first kappa shape index (κ1) is 14.2. The van der Waals surface area contributed by atoms with Gasteiger partial charge < -0.3 is 10.1 Å². The fraction of sp³-hybridized carbons (Fsp3) is 0.235. The molecule has 2 aromatic carbocycles. The maximum atomic E-state index is 9.81. The summed E-state index contributed by atoms with van der Waals surface area (Å²) in [6.07, 6.45) is 0.355. The van der Waals surface area contributed by atoms with Crippen LogP contribution in [0.25, 0.3) is 11.0 Å². The highest BCUT2D eigenvalue weighted by atomic mass is 32.2. The lowest BCUT2D eigenvalue weighted by atomic mass is 10.1. The van der Waals surface area contributed by atoms with Gasteiger partial charge in [-0.1, -0.05) is 36.9 Å². The summed E-state index contributed by atoms with van der Waals surface area (Å²) in [6, 6.07) is 14.2. The van der Waals surface area contributed by atoms with Crippen LogP contribution in [0, 0.1) is 6.92 Å². The highest BCUT2D eigenvalue weighted by Gasteiger charge is 2.07. The molecule has 0 saturated heterocycles. The summed E-state index contributed by atoms with van der Waals surface area (Å²) in [5, 5.41) is 10.7. The number of aliphatic hydroxyl groups excluding tert-OH is 1. The lowest BCUT2D eigenvalue weighted by molar-refractivity contribution is 0.173. The van der Waals surface area contributed by atoms with Crippen LogP contribution in [0.2, 0.25) is 0 Å². The summed E-state index contributed by atoms with van der Waals surface area (Å²) in [6.45, 7) is 4.05. The Morgan fingerprint density at radius 3 is 2.67 bits per heavy atom. The molecule has 0 bridgehead atoms. The smallest absolute Gasteiger partial charge is 0.171 e. The van der Waals surface area contributed by atoms with Gasteiger partial charge in [0.05, 0.1) is 17.1 Å². The molecule has 1 heterocycles. The van der Waals surface area contributed by atoms with E-state index in [0.29, 0.717) is 0 Å². The highest BCUT2D eigenvalue weighted by molar-refractivity contribution is 7.99. The number of nitrogens with zero attached hydrogens (tertiary/aromatic N) is 1. The van der Waals surface area contributed by atoms with Crippen LogP contribution in [0.1, 0.15) is 30.6 Å². The quantitative estimate of drug-likeness (QED) is 0.747. The average molecular weight is 298 g/mol. The fourth-order valence-electron chi connectivity index (χ4n) is 2.25. The number of aryl methyl sites for hydroxylation is 1. The Hall–Kier alpha value is -1.78. The topological polar surface area (TPSA) is 48.9 Å². The number of aromatic nitrogens is 2. The second-order valence-corrected chi connectivity index (χ2v) is 6.22. The Balaban J connectivity index is 1.81. The third-order valence-corrected chi connectivity index (χ3v) is 4.38. The van der Waals surface area contributed by atoms with E-state index in [1.54, 1.807) is 11.8 Å². The molecule has 0 aliphatic rings. The zero-order chi connectivity index (χ0) is 14.8. The Morgan fingerprint density at radius 2 is 1.95 bits per heavy atom. The standard InChI is InChI=1S/C17H18N2OS/c1-3-16(20)12-5-7-13(8-6-12)21-17-18-14-9-4-11(2)10-15(14)19-17/h4-10,16,20H,3H2,1-2H3,(H,18,19). The molecular weight excluding hydrogens is 280 g/mol. The molecule has 3 rings (SSSR count). The largest absolute Gasteiger partial charge is 0.388 e. The van der Waals surface area contributed by atoms with Gasteiger partial charge in [0, 0.05) is 4.90 Å². The molecule has 0 aliphatic heterocycles. The van der Waals surface area contributed by atoms with E-state index in [-0.39, 0.29) is 6.10 Å². The third kappa shape index (κ3) is 3.12. The molecule has 4 heteroatoms. The van der Waals surface area contributed by atoms with Crippen LogP contribution < -0.4 is 0 Å². The van der Waals surface area contributed by atoms with Gasteiger partial charge in [-0.15, -0.1) is 0 Å². The molecule has 1 atom stereocenters. The zero-order valence-corrected chi connectivity index (χ0v) is 12.9. The predicted octanol–water partition coefficient (Wildman–Crippen LogP) is 4.47. The van der Waals surface area contributed by atoms with Crippen LogP contribution in [-0.2, 0) is 0 Å². The number of benzene rings is 2. The average Bonchev–Trinajstić information content (AvgIpc) is 2.88. The molecule has 108 valence electrons. The Bertz CT molecular complexity index is 749. The summed E-state index contributed by atoms with van der Waals surface area (Å²) in [7, 11) is 0. The van der Waals surface area contributed by atoms with E-state index in [2.05, 4.69) is 29.0 Å². The molecule has 0 amide bonds. The number of nitrogens with one attached hydrogen (secondary N) is 1. The van der Waals surface area contributed by atoms with Crippen molar-refractivity contribution in [2.45, 2.75) is 36.4 Å². The van der Waals surface area contributed by atoms with Crippen LogP contribution in [0.15, 0.2) is 52.5 Å². The zero-order valence-electron chi connectivity index (χ0n) is 12.1. The van der Waals surface area contributed by atoms with Crippen molar-refractivity contribution < 1.29 is 5.11 Å². The number of fused-ring (bicyclic) bond motifs is 1. The van der Waals surface area contributed by atoms with Crippen LogP contribution in [0.3, 0.4) is 0 Å². The fourth-order valence-corrected chi connectivity index (χ4v) is 3.05. The lowest BCUT2D eigenvalue weighted by Gasteiger charge is -2.08. The number of hydrogen-bond acceptors (Lipinski definition) is 3. The normalized spacial score (nSPS) is 12.7. The molecule has 0 saturated carbocycles. The van der Waals surface area contributed by atoms with E-state index < -0.39 is 0 Å². The first-order valence-corrected chi connectivity index (χ1v) is 7.89. The second-order valence-electron chi connectivity index (χ2n) is 5.16. The van der Waals surface area contributed by atoms with Gasteiger partial charge in [0.25, 0.3) is 0 Å². The van der Waals surface area contributed by atoms with Crippen molar-refractivity contribution in [2.75, 3.05) is 0 Å². The second kappa shape index (κ2) is 5.92. The van der Waals surface area contributed by atoms with Crippen molar-refractivity contribution in [3.63, 3.8) is 0 Å². The first-order chi connectivity index (χ1) is 10.2. The summed E-state index contributed by atoms with van der Waals surface area (Å²) >= 11 is 1.60. The molecule has 1 aromatic heterocycles. The van der Waals surface area contributed by atoms with E-state index in [1.807, 2.05) is 37.3 Å². The molecule has 1 unspecified atom stereocenters. The van der Waals surface area contributed by atoms with Gasteiger partial charge in [0.15, 0.2) is 5.16 Å². The van der Waals surface area contributed by atoms with Gasteiger partial charge >= 0.3 is 0 Å². The maximum absolute atomic E-state index is 9.81. The number of hydrogen-bond donors (Lipinski definition) is 2. The van der Waals surface area contributed by atoms with Crippen LogP contribution >= 0.6 is 11.8 Å². The van der Waals surface area contributed by atoms with Crippen molar-refractivity contribution in [1.82, 2.24) is 9.97 Å². The number of H-pyrrole nitrogens is 1. The molecule has 21 heavy (non-hydrogen) atoms. The number of imidazole rings is 1. The minimum absolute atomic E-state index is 0.377. The monoisotopic (exact) mass is 298 g/mol. The van der Waals surface area contributed by atoms with Gasteiger partial charge in [0.2, 0.25) is 0 Å². The molecule has 2 N–H and O–H groups in total. The van der Waals surface area contributed by atoms with E-state index in [1.165, 1.54) is 5.56 Å². The minimum atomic E-state index is -0.377. The molecule has 3 nitrogen and oxygen atoms in total. The Labute approximate surface area is 128 Å². The Morgan fingerprint density at radius 1 is 1.19 bits per heavy atom. The third-order valence-electron chi connectivity index (χ3n) is 3.48. The van der Waals surface area contributed by atoms with Crippen LogP contribution in [0.4, 0.5) is 0 Å². The molecule has 0 aliphatic carbocycles. The SMILES string of the molecule is CCC(O)c1ccc(Sc2nc3ccc(C)cc3[nH]2)cc1. The number of rotatable bonds is 4. The van der Waals surface area contributed by atoms with Crippen molar-refractivity contribution >= 4 is 22.8 Å². The maximum Gasteiger partial charge on any atom is 0.171 e. The van der Waals surface area contributed by atoms with Crippen molar-refractivity contribution in [3.8, 4) is 0 Å². The molecule has 0 radical (unpaired) electrons. The summed E-state index contributed by atoms with van der Waals surface area (Å²) < 4.78 is 0. The van der Waals surface area contributed by atoms with Crippen LogP contribution in [-0.4, -0.2) is 15.1 Å². The summed E-state index contributed by atoms with van der Waals surface area (Å²) in [4.78, 5) is 9.03.